The van der Waals surface area contributed by atoms with Crippen LogP contribution in [0.2, 0.25) is 0 Å². The number of benzene rings is 2. The van der Waals surface area contributed by atoms with Gasteiger partial charge in [-0.1, -0.05) is 25.5 Å². The molecule has 1 N–H and O–H groups in total. The molecule has 0 spiro atoms. The lowest BCUT2D eigenvalue weighted by Gasteiger charge is -2.37. The topological polar surface area (TPSA) is 95.6 Å². The molecule has 0 bridgehead atoms. The van der Waals surface area contributed by atoms with E-state index in [0.29, 0.717) is 55.3 Å². The number of hydrogen-bond donors (Lipinski definition) is 1. The van der Waals surface area contributed by atoms with Gasteiger partial charge >= 0.3 is 0 Å². The van der Waals surface area contributed by atoms with Crippen LogP contribution in [0.5, 0.6) is 5.75 Å². The summed E-state index contributed by atoms with van der Waals surface area (Å²) in [5.41, 5.74) is 0.497. The van der Waals surface area contributed by atoms with Crippen molar-refractivity contribution in [1.29, 1.82) is 0 Å². The fourth-order valence-electron chi connectivity index (χ4n) is 4.00. The van der Waals surface area contributed by atoms with Crippen LogP contribution in [0.25, 0.3) is 10.9 Å². The zero-order chi connectivity index (χ0) is 23.4. The van der Waals surface area contributed by atoms with Gasteiger partial charge in [0.2, 0.25) is 10.0 Å². The summed E-state index contributed by atoms with van der Waals surface area (Å²) >= 11 is 0. The van der Waals surface area contributed by atoms with Crippen molar-refractivity contribution in [2.45, 2.75) is 37.6 Å². The van der Waals surface area contributed by atoms with Crippen LogP contribution >= 0.6 is 0 Å². The van der Waals surface area contributed by atoms with E-state index in [1.165, 1.54) is 4.31 Å². The number of H-pyrrole nitrogens is 1. The van der Waals surface area contributed by atoms with Crippen LogP contribution in [0.4, 0.5) is 0 Å². The number of ether oxygens (including phenoxy) is 1. The maximum Gasteiger partial charge on any atom is 0.258 e. The van der Waals surface area contributed by atoms with Gasteiger partial charge in [-0.05, 0) is 49.7 Å². The number of unbranched alkanes of at least 4 members (excludes halogenated alkanes) is 1. The normalized spacial score (nSPS) is 16.7. The first-order valence-electron chi connectivity index (χ1n) is 11.4. The van der Waals surface area contributed by atoms with Gasteiger partial charge in [0.1, 0.15) is 11.6 Å². The van der Waals surface area contributed by atoms with Gasteiger partial charge in [-0.15, -0.1) is 0 Å². The second-order valence-electron chi connectivity index (χ2n) is 8.26. The minimum atomic E-state index is -3.58. The van der Waals surface area contributed by atoms with E-state index in [4.69, 9.17) is 4.74 Å². The van der Waals surface area contributed by atoms with Crippen LogP contribution in [-0.4, -0.2) is 60.4 Å². The number of nitrogens with zero attached hydrogens (tertiary/aromatic N) is 3. The average Bonchev–Trinajstić information content (AvgIpc) is 2.84. The van der Waals surface area contributed by atoms with E-state index in [1.807, 2.05) is 25.1 Å². The van der Waals surface area contributed by atoms with Crippen LogP contribution in [0.15, 0.2) is 58.2 Å². The Bertz CT molecular complexity index is 1250. The third kappa shape index (κ3) is 5.10. The van der Waals surface area contributed by atoms with Crippen molar-refractivity contribution < 1.29 is 13.2 Å². The first-order chi connectivity index (χ1) is 15.9. The monoisotopic (exact) mass is 470 g/mol. The van der Waals surface area contributed by atoms with Gasteiger partial charge in [0.05, 0.1) is 28.4 Å². The average molecular weight is 471 g/mol. The van der Waals surface area contributed by atoms with E-state index in [-0.39, 0.29) is 16.5 Å². The SMILES string of the molecule is CCCCOc1ccc(S(=O)(=O)N2CCN(C(C)c3nc4ccccc4c(=O)[nH]3)CC2)cc1. The molecule has 176 valence electrons. The molecule has 2 aromatic carbocycles. The molecule has 1 aliphatic heterocycles. The van der Waals surface area contributed by atoms with Gasteiger partial charge in [0.25, 0.3) is 5.56 Å². The van der Waals surface area contributed by atoms with Gasteiger partial charge < -0.3 is 9.72 Å². The Balaban J connectivity index is 1.41. The minimum absolute atomic E-state index is 0.133. The number of para-hydroxylation sites is 1. The smallest absolute Gasteiger partial charge is 0.258 e. The third-order valence-corrected chi connectivity index (χ3v) is 7.99. The molecule has 0 aliphatic carbocycles. The largest absolute Gasteiger partial charge is 0.494 e. The Morgan fingerprint density at radius 3 is 2.45 bits per heavy atom. The second kappa shape index (κ2) is 10.0. The Morgan fingerprint density at radius 2 is 1.76 bits per heavy atom. The summed E-state index contributed by atoms with van der Waals surface area (Å²) in [7, 11) is -3.58. The van der Waals surface area contributed by atoms with Crippen LogP contribution in [0.3, 0.4) is 0 Å². The Hall–Kier alpha value is -2.75. The Labute approximate surface area is 194 Å². The summed E-state index contributed by atoms with van der Waals surface area (Å²) in [4.78, 5) is 22.3. The molecule has 1 aromatic heterocycles. The lowest BCUT2D eigenvalue weighted by atomic mass is 10.2. The zero-order valence-electron chi connectivity index (χ0n) is 19.0. The number of aromatic amines is 1. The molecule has 9 heteroatoms. The molecule has 0 amide bonds. The molecule has 1 aliphatic rings. The molecule has 1 fully saturated rings. The maximum atomic E-state index is 13.1. The molecule has 0 radical (unpaired) electrons. The zero-order valence-corrected chi connectivity index (χ0v) is 19.8. The Kier molecular flexibility index (Phi) is 7.11. The molecule has 4 rings (SSSR count). The summed E-state index contributed by atoms with van der Waals surface area (Å²) < 4.78 is 33.4. The van der Waals surface area contributed by atoms with Crippen molar-refractivity contribution in [3.8, 4) is 5.75 Å². The van der Waals surface area contributed by atoms with E-state index in [0.717, 1.165) is 12.8 Å². The van der Waals surface area contributed by atoms with E-state index in [9.17, 15) is 13.2 Å². The van der Waals surface area contributed by atoms with Crippen molar-refractivity contribution in [2.24, 2.45) is 0 Å². The predicted molar refractivity (Wildman–Crippen MR) is 128 cm³/mol. The molecule has 1 saturated heterocycles. The lowest BCUT2D eigenvalue weighted by Crippen LogP contribution is -2.49. The van der Waals surface area contributed by atoms with Gasteiger partial charge in [-0.3, -0.25) is 9.69 Å². The molecule has 8 nitrogen and oxygen atoms in total. The summed E-state index contributed by atoms with van der Waals surface area (Å²) in [6, 6.07) is 13.8. The van der Waals surface area contributed by atoms with Crippen LogP contribution in [0, 0.1) is 0 Å². The van der Waals surface area contributed by atoms with Crippen LogP contribution in [0.1, 0.15) is 38.6 Å². The molecule has 0 saturated carbocycles. The standard InChI is InChI=1S/C24H30N4O4S/c1-3-4-17-32-19-9-11-20(12-10-19)33(30,31)28-15-13-27(14-16-28)18(2)23-25-22-8-6-5-7-21(22)24(29)26-23/h5-12,18H,3-4,13-17H2,1-2H3,(H,25,26,29). The lowest BCUT2D eigenvalue weighted by molar-refractivity contribution is 0.141. The summed E-state index contributed by atoms with van der Waals surface area (Å²) in [6.07, 6.45) is 2.01. The quantitative estimate of drug-likeness (QED) is 0.508. The molecule has 2 heterocycles. The molecular weight excluding hydrogens is 440 g/mol. The van der Waals surface area contributed by atoms with Crippen molar-refractivity contribution >= 4 is 20.9 Å². The summed E-state index contributed by atoms with van der Waals surface area (Å²) in [5, 5.41) is 0.561. The number of nitrogens with one attached hydrogen (secondary N) is 1. The van der Waals surface area contributed by atoms with Gasteiger partial charge in [0, 0.05) is 26.2 Å². The summed E-state index contributed by atoms with van der Waals surface area (Å²) in [5.74, 6) is 1.27. The van der Waals surface area contributed by atoms with Gasteiger partial charge in [-0.25, -0.2) is 13.4 Å². The fraction of sp³-hybridized carbons (Fsp3) is 0.417. The highest BCUT2D eigenvalue weighted by molar-refractivity contribution is 7.89. The first-order valence-corrected chi connectivity index (χ1v) is 12.8. The van der Waals surface area contributed by atoms with E-state index in [2.05, 4.69) is 21.8 Å². The van der Waals surface area contributed by atoms with Gasteiger partial charge in [-0.2, -0.15) is 4.31 Å². The number of fused-ring (bicyclic) bond motifs is 1. The number of piperazine rings is 1. The van der Waals surface area contributed by atoms with Crippen molar-refractivity contribution in [2.75, 3.05) is 32.8 Å². The van der Waals surface area contributed by atoms with Crippen LogP contribution in [-0.2, 0) is 10.0 Å². The number of sulfonamides is 1. The van der Waals surface area contributed by atoms with E-state index < -0.39 is 10.0 Å². The van der Waals surface area contributed by atoms with Crippen molar-refractivity contribution in [3.63, 3.8) is 0 Å². The molecule has 1 unspecified atom stereocenters. The fourth-order valence-corrected chi connectivity index (χ4v) is 5.42. The maximum absolute atomic E-state index is 13.1. The molecule has 3 aromatic rings. The number of hydrogen-bond acceptors (Lipinski definition) is 6. The Morgan fingerprint density at radius 1 is 1.06 bits per heavy atom. The van der Waals surface area contributed by atoms with Crippen molar-refractivity contribution in [3.05, 3.63) is 64.7 Å². The highest BCUT2D eigenvalue weighted by atomic mass is 32.2. The van der Waals surface area contributed by atoms with Crippen LogP contribution < -0.4 is 10.3 Å². The second-order valence-corrected chi connectivity index (χ2v) is 10.2. The number of aromatic nitrogens is 2. The van der Waals surface area contributed by atoms with E-state index >= 15 is 0 Å². The molecule has 33 heavy (non-hydrogen) atoms. The number of rotatable bonds is 8. The van der Waals surface area contributed by atoms with E-state index in [1.54, 1.807) is 30.3 Å². The summed E-state index contributed by atoms with van der Waals surface area (Å²) in [6.45, 7) is 6.55. The third-order valence-electron chi connectivity index (χ3n) is 6.08. The first kappa shape index (κ1) is 23.4. The minimum Gasteiger partial charge on any atom is -0.494 e. The predicted octanol–water partition coefficient (Wildman–Crippen LogP) is 3.17. The van der Waals surface area contributed by atoms with Gasteiger partial charge in [0.15, 0.2) is 0 Å². The molecular formula is C24H30N4O4S. The highest BCUT2D eigenvalue weighted by Crippen LogP contribution is 2.24. The highest BCUT2D eigenvalue weighted by Gasteiger charge is 2.31. The molecule has 1 atom stereocenters. The van der Waals surface area contributed by atoms with Crippen molar-refractivity contribution in [1.82, 2.24) is 19.2 Å².